The van der Waals surface area contributed by atoms with Crippen molar-refractivity contribution in [3.05, 3.63) is 12.2 Å². The summed E-state index contributed by atoms with van der Waals surface area (Å²) in [5.41, 5.74) is 0.661. The van der Waals surface area contributed by atoms with Crippen molar-refractivity contribution in [1.29, 1.82) is 0 Å². The highest BCUT2D eigenvalue weighted by molar-refractivity contribution is 5.87. The van der Waals surface area contributed by atoms with E-state index in [9.17, 15) is 4.79 Å². The van der Waals surface area contributed by atoms with Crippen LogP contribution in [0.3, 0.4) is 0 Å². The summed E-state index contributed by atoms with van der Waals surface area (Å²) in [6.45, 7) is 7.11. The van der Waals surface area contributed by atoms with Gasteiger partial charge in [-0.15, -0.1) is 0 Å². The van der Waals surface area contributed by atoms with Gasteiger partial charge >= 0.3 is 0 Å². The molecule has 5 atom stereocenters. The van der Waals surface area contributed by atoms with Crippen LogP contribution in [0.2, 0.25) is 0 Å². The number of allylic oxidation sites excluding steroid dienone is 2. The smallest absolute Gasteiger partial charge is 0.136 e. The van der Waals surface area contributed by atoms with Gasteiger partial charge in [0.05, 0.1) is 0 Å². The van der Waals surface area contributed by atoms with E-state index in [0.29, 0.717) is 23.0 Å². The number of carbonyl (C=O) groups is 1. The van der Waals surface area contributed by atoms with Gasteiger partial charge in [0.1, 0.15) is 5.78 Å². The van der Waals surface area contributed by atoms with Crippen molar-refractivity contribution in [2.45, 2.75) is 40.0 Å². The first-order chi connectivity index (χ1) is 7.01. The predicted octanol–water partition coefficient (Wildman–Crippen LogP) is 3.20. The number of Topliss-reactive ketones (excluding diaryl/α,β-unsaturated/α-hetero) is 1. The van der Waals surface area contributed by atoms with Gasteiger partial charge in [0.15, 0.2) is 0 Å². The minimum atomic E-state index is 0.272. The van der Waals surface area contributed by atoms with Crippen LogP contribution in [0.25, 0.3) is 0 Å². The van der Waals surface area contributed by atoms with Crippen LogP contribution in [0, 0.1) is 28.6 Å². The molecule has 3 aliphatic rings. The third-order valence-corrected chi connectivity index (χ3v) is 5.84. The fraction of sp³-hybridized carbons (Fsp3) is 0.786. The van der Waals surface area contributed by atoms with Gasteiger partial charge < -0.3 is 0 Å². The molecule has 0 aromatic carbocycles. The fourth-order valence-electron chi connectivity index (χ4n) is 4.20. The molecule has 1 spiro atoms. The van der Waals surface area contributed by atoms with E-state index >= 15 is 0 Å². The first-order valence-electron chi connectivity index (χ1n) is 6.23. The van der Waals surface area contributed by atoms with E-state index in [1.54, 1.807) is 0 Å². The number of ketones is 1. The number of hydrogen-bond acceptors (Lipinski definition) is 1. The van der Waals surface area contributed by atoms with Gasteiger partial charge in [0.2, 0.25) is 0 Å². The van der Waals surface area contributed by atoms with Crippen LogP contribution < -0.4 is 0 Å². The minimum Gasteiger partial charge on any atom is -0.299 e. The number of hydrogen-bond donors (Lipinski definition) is 0. The summed E-state index contributed by atoms with van der Waals surface area (Å²) in [4.78, 5) is 11.8. The lowest BCUT2D eigenvalue weighted by atomic mass is 9.54. The molecule has 0 bridgehead atoms. The molecule has 0 heterocycles. The average Bonchev–Trinajstić information content (AvgIpc) is 2.95. The Bertz CT molecular complexity index is 356. The number of rotatable bonds is 0. The van der Waals surface area contributed by atoms with E-state index < -0.39 is 0 Å². The summed E-state index contributed by atoms with van der Waals surface area (Å²) in [5.74, 6) is 2.30. The summed E-state index contributed by atoms with van der Waals surface area (Å²) >= 11 is 0. The third-order valence-electron chi connectivity index (χ3n) is 5.84. The van der Waals surface area contributed by atoms with Crippen LogP contribution >= 0.6 is 0 Å². The van der Waals surface area contributed by atoms with Gasteiger partial charge in [0.25, 0.3) is 0 Å². The molecule has 2 saturated carbocycles. The van der Waals surface area contributed by atoms with E-state index in [-0.39, 0.29) is 5.41 Å². The molecule has 0 saturated heterocycles. The Morgan fingerprint density at radius 1 is 1.40 bits per heavy atom. The lowest BCUT2D eigenvalue weighted by Gasteiger charge is -2.49. The van der Waals surface area contributed by atoms with Crippen molar-refractivity contribution in [2.75, 3.05) is 0 Å². The lowest BCUT2D eigenvalue weighted by Crippen LogP contribution is -2.44. The van der Waals surface area contributed by atoms with Crippen LogP contribution in [-0.4, -0.2) is 5.78 Å². The second-order valence-corrected chi connectivity index (χ2v) is 6.19. The van der Waals surface area contributed by atoms with Crippen LogP contribution in [0.1, 0.15) is 40.0 Å². The van der Waals surface area contributed by atoms with Crippen molar-refractivity contribution < 1.29 is 4.79 Å². The van der Waals surface area contributed by atoms with Gasteiger partial charge in [-0.3, -0.25) is 4.79 Å². The molecule has 2 fully saturated rings. The van der Waals surface area contributed by atoms with Gasteiger partial charge in [-0.05, 0) is 30.1 Å². The summed E-state index contributed by atoms with van der Waals surface area (Å²) in [6, 6.07) is 0. The molecule has 3 rings (SSSR count). The zero-order chi connectivity index (χ0) is 10.8. The Hall–Kier alpha value is -0.590. The van der Waals surface area contributed by atoms with E-state index in [1.165, 1.54) is 0 Å². The molecule has 15 heavy (non-hydrogen) atoms. The van der Waals surface area contributed by atoms with Crippen molar-refractivity contribution in [1.82, 2.24) is 0 Å². The molecule has 0 radical (unpaired) electrons. The van der Waals surface area contributed by atoms with E-state index in [1.807, 2.05) is 0 Å². The van der Waals surface area contributed by atoms with Crippen LogP contribution in [-0.2, 0) is 4.79 Å². The quantitative estimate of drug-likeness (QED) is 0.554. The lowest BCUT2D eigenvalue weighted by molar-refractivity contribution is -0.126. The van der Waals surface area contributed by atoms with Gasteiger partial charge in [-0.1, -0.05) is 32.9 Å². The molecule has 4 unspecified atom stereocenters. The molecular formula is C14H20O. The average molecular weight is 204 g/mol. The van der Waals surface area contributed by atoms with Gasteiger partial charge in [-0.25, -0.2) is 0 Å². The SMILES string of the molecule is CC1C=CC23CC2C(=O)CC[C@]3(C)C1C. The molecule has 82 valence electrons. The second kappa shape index (κ2) is 2.56. The Labute approximate surface area is 91.9 Å². The second-order valence-electron chi connectivity index (χ2n) is 6.19. The van der Waals surface area contributed by atoms with Crippen molar-refractivity contribution in [3.8, 4) is 0 Å². The van der Waals surface area contributed by atoms with Gasteiger partial charge in [0, 0.05) is 17.8 Å². The fourth-order valence-corrected chi connectivity index (χ4v) is 4.20. The Morgan fingerprint density at radius 2 is 2.13 bits per heavy atom. The van der Waals surface area contributed by atoms with E-state index in [2.05, 4.69) is 32.9 Å². The Kier molecular flexibility index (Phi) is 1.64. The standard InChI is InChI=1S/C14H20O/c1-9-4-7-14-8-11(14)12(15)5-6-13(14,3)10(9)2/h4,7,9-11H,5-6,8H2,1-3H3/t9?,10?,11?,13-,14?/m1/s1. The summed E-state index contributed by atoms with van der Waals surface area (Å²) in [6.07, 6.45) is 7.81. The van der Waals surface area contributed by atoms with Crippen molar-refractivity contribution in [3.63, 3.8) is 0 Å². The summed E-state index contributed by atoms with van der Waals surface area (Å²) in [5, 5.41) is 0. The summed E-state index contributed by atoms with van der Waals surface area (Å²) in [7, 11) is 0. The molecule has 0 aromatic heterocycles. The predicted molar refractivity (Wildman–Crippen MR) is 60.4 cm³/mol. The van der Waals surface area contributed by atoms with Crippen LogP contribution in [0.4, 0.5) is 0 Å². The maximum absolute atomic E-state index is 11.8. The molecule has 0 amide bonds. The molecule has 3 aliphatic carbocycles. The highest BCUT2D eigenvalue weighted by atomic mass is 16.1. The van der Waals surface area contributed by atoms with Gasteiger partial charge in [-0.2, -0.15) is 0 Å². The monoisotopic (exact) mass is 204 g/mol. The first kappa shape index (κ1) is 9.62. The maximum atomic E-state index is 11.8. The topological polar surface area (TPSA) is 17.1 Å². The maximum Gasteiger partial charge on any atom is 0.136 e. The normalized spacial score (nSPS) is 57.3. The molecule has 0 aromatic rings. The highest BCUT2D eigenvalue weighted by Crippen LogP contribution is 2.73. The Balaban J connectivity index is 2.07. The zero-order valence-electron chi connectivity index (χ0n) is 9.92. The van der Waals surface area contributed by atoms with Crippen molar-refractivity contribution >= 4 is 5.78 Å². The minimum absolute atomic E-state index is 0.272. The molecule has 0 N–H and O–H groups in total. The molecular weight excluding hydrogens is 184 g/mol. The van der Waals surface area contributed by atoms with Crippen LogP contribution in [0.5, 0.6) is 0 Å². The van der Waals surface area contributed by atoms with Crippen molar-refractivity contribution in [2.24, 2.45) is 28.6 Å². The van der Waals surface area contributed by atoms with E-state index in [0.717, 1.165) is 25.2 Å². The molecule has 1 nitrogen and oxygen atoms in total. The molecule has 1 heteroatoms. The zero-order valence-corrected chi connectivity index (χ0v) is 9.92. The third kappa shape index (κ3) is 0.926. The number of carbonyl (C=O) groups excluding carboxylic acids is 1. The largest absolute Gasteiger partial charge is 0.299 e. The van der Waals surface area contributed by atoms with Crippen LogP contribution in [0.15, 0.2) is 12.2 Å². The Morgan fingerprint density at radius 3 is 2.87 bits per heavy atom. The first-order valence-corrected chi connectivity index (χ1v) is 6.23. The van der Waals surface area contributed by atoms with E-state index in [4.69, 9.17) is 0 Å². The highest BCUT2D eigenvalue weighted by Gasteiger charge is 2.70. The molecule has 0 aliphatic heterocycles. The summed E-state index contributed by atoms with van der Waals surface area (Å²) < 4.78 is 0.